The van der Waals surface area contributed by atoms with Gasteiger partial charge in [0.15, 0.2) is 0 Å². The van der Waals surface area contributed by atoms with Crippen LogP contribution in [0.15, 0.2) is 77.8 Å². The van der Waals surface area contributed by atoms with Crippen LogP contribution in [0.5, 0.6) is 0 Å². The molecule has 0 amide bonds. The second kappa shape index (κ2) is 9.69. The molecule has 9 heteroatoms. The van der Waals surface area contributed by atoms with Gasteiger partial charge in [0, 0.05) is 49.6 Å². The summed E-state index contributed by atoms with van der Waals surface area (Å²) in [7, 11) is 0. The van der Waals surface area contributed by atoms with Crippen molar-refractivity contribution in [2.75, 3.05) is 36.0 Å². The van der Waals surface area contributed by atoms with E-state index in [1.807, 2.05) is 29.2 Å². The van der Waals surface area contributed by atoms with Crippen molar-refractivity contribution < 1.29 is 14.8 Å². The Balaban J connectivity index is 1.53. The van der Waals surface area contributed by atoms with Crippen LogP contribution in [-0.2, 0) is 4.79 Å². The van der Waals surface area contributed by atoms with E-state index in [-0.39, 0.29) is 12.1 Å². The Morgan fingerprint density at radius 2 is 1.67 bits per heavy atom. The molecule has 0 saturated carbocycles. The number of nitro groups is 1. The molecule has 3 aromatic rings. The molecule has 5 rings (SSSR count). The number of benzene rings is 3. The Bertz CT molecular complexity index is 1330. The number of rotatable bonds is 5. The van der Waals surface area contributed by atoms with Crippen LogP contribution < -0.4 is 9.80 Å². The minimum Gasteiger partial charge on any atom is -0.481 e. The summed E-state index contributed by atoms with van der Waals surface area (Å²) in [4.78, 5) is 34.3. The third-order valence-electron chi connectivity index (χ3n) is 6.66. The number of hydrogen-bond acceptors (Lipinski definition) is 7. The molecule has 9 nitrogen and oxygen atoms in total. The molecule has 0 spiro atoms. The zero-order valence-corrected chi connectivity index (χ0v) is 19.9. The van der Waals surface area contributed by atoms with E-state index in [0.29, 0.717) is 24.7 Å². The molecule has 0 bridgehead atoms. The molecular formula is C27H27N5O4. The summed E-state index contributed by atoms with van der Waals surface area (Å²) >= 11 is 0. The number of para-hydroxylation sites is 1. The fraction of sp³-hybridized carbons (Fsp3) is 0.259. The van der Waals surface area contributed by atoms with Crippen molar-refractivity contribution >= 4 is 34.7 Å². The molecule has 2 heterocycles. The number of nitro benzene ring substituents is 1. The fourth-order valence-electron chi connectivity index (χ4n) is 4.94. The second-order valence-corrected chi connectivity index (χ2v) is 9.04. The van der Waals surface area contributed by atoms with Crippen LogP contribution in [0.25, 0.3) is 0 Å². The number of non-ortho nitro benzene ring substituents is 1. The first-order valence-electron chi connectivity index (χ1n) is 11.9. The predicted octanol–water partition coefficient (Wildman–Crippen LogP) is 4.75. The van der Waals surface area contributed by atoms with E-state index in [1.54, 1.807) is 12.1 Å². The summed E-state index contributed by atoms with van der Waals surface area (Å²) in [6.07, 6.45) is -0.165. The molecule has 1 unspecified atom stereocenters. The molecule has 0 aromatic heterocycles. The molecule has 1 fully saturated rings. The van der Waals surface area contributed by atoms with Gasteiger partial charge in [0.25, 0.3) is 5.69 Å². The third-order valence-corrected chi connectivity index (χ3v) is 6.66. The fourth-order valence-corrected chi connectivity index (χ4v) is 4.94. The van der Waals surface area contributed by atoms with Gasteiger partial charge in [-0.2, -0.15) is 0 Å². The summed E-state index contributed by atoms with van der Waals surface area (Å²) in [5, 5.41) is 21.3. The summed E-state index contributed by atoms with van der Waals surface area (Å²) in [5.41, 5.74) is 4.38. The summed E-state index contributed by atoms with van der Waals surface area (Å²) in [6, 6.07) is 21.7. The quantitative estimate of drug-likeness (QED) is 0.411. The van der Waals surface area contributed by atoms with Gasteiger partial charge in [-0.15, -0.1) is 0 Å². The van der Waals surface area contributed by atoms with Crippen LogP contribution in [0.2, 0.25) is 0 Å². The number of aryl methyl sites for hydroxylation is 1. The predicted molar refractivity (Wildman–Crippen MR) is 139 cm³/mol. The maximum Gasteiger partial charge on any atom is 0.305 e. The maximum absolute atomic E-state index is 11.9. The molecule has 1 saturated heterocycles. The van der Waals surface area contributed by atoms with Gasteiger partial charge in [-0.25, -0.2) is 4.99 Å². The van der Waals surface area contributed by atoms with Crippen molar-refractivity contribution in [2.45, 2.75) is 19.4 Å². The molecule has 0 aliphatic carbocycles. The van der Waals surface area contributed by atoms with Crippen LogP contribution in [0.4, 0.5) is 22.7 Å². The summed E-state index contributed by atoms with van der Waals surface area (Å²) in [5.74, 6) is -0.333. The Hall–Kier alpha value is -4.40. The molecule has 0 radical (unpaired) electrons. The smallest absolute Gasteiger partial charge is 0.305 e. The highest BCUT2D eigenvalue weighted by Gasteiger charge is 2.36. The lowest BCUT2D eigenvalue weighted by atomic mass is 9.97. The Morgan fingerprint density at radius 3 is 2.39 bits per heavy atom. The molecule has 3 aromatic carbocycles. The van der Waals surface area contributed by atoms with E-state index >= 15 is 0 Å². The van der Waals surface area contributed by atoms with E-state index in [2.05, 4.69) is 41.0 Å². The number of carbonyl (C=O) groups is 1. The third kappa shape index (κ3) is 4.59. The maximum atomic E-state index is 11.9. The molecule has 1 N–H and O–H groups in total. The van der Waals surface area contributed by atoms with Crippen LogP contribution in [0.3, 0.4) is 0 Å². The number of piperazine rings is 1. The number of nitrogens with zero attached hydrogens (tertiary/aromatic N) is 5. The highest BCUT2D eigenvalue weighted by Crippen LogP contribution is 2.41. The lowest BCUT2D eigenvalue weighted by Gasteiger charge is -2.45. The van der Waals surface area contributed by atoms with Crippen molar-refractivity contribution in [1.82, 2.24) is 4.90 Å². The zero-order valence-electron chi connectivity index (χ0n) is 19.9. The molecule has 1 atom stereocenters. The lowest BCUT2D eigenvalue weighted by molar-refractivity contribution is -0.384. The first-order valence-corrected chi connectivity index (χ1v) is 11.9. The van der Waals surface area contributed by atoms with Crippen LogP contribution in [0, 0.1) is 17.0 Å². The number of fused-ring (bicyclic) bond motifs is 1. The Kier molecular flexibility index (Phi) is 6.28. The standard InChI is InChI=1S/C27H27N5O4/c1-19-6-4-7-20(16-19)29-12-14-30(15-13-29)27-28-24-11-3-2-10-23(24)25(18-26(33)34)31(27)21-8-5-9-22(17-21)32(35)36/h2-11,16-17,25H,12-15,18H2,1H3,(H,33,34). The van der Waals surface area contributed by atoms with E-state index in [9.17, 15) is 20.0 Å². The average Bonchev–Trinajstić information content (AvgIpc) is 2.88. The van der Waals surface area contributed by atoms with Crippen molar-refractivity contribution in [2.24, 2.45) is 4.99 Å². The number of hydrogen-bond donors (Lipinski definition) is 1. The average molecular weight is 486 g/mol. The first-order chi connectivity index (χ1) is 17.4. The number of carboxylic acid groups (broad SMARTS) is 1. The molecule has 184 valence electrons. The summed E-state index contributed by atoms with van der Waals surface area (Å²) < 4.78 is 0. The molecular weight excluding hydrogens is 458 g/mol. The van der Waals surface area contributed by atoms with Gasteiger partial charge < -0.3 is 19.8 Å². The van der Waals surface area contributed by atoms with Crippen molar-refractivity contribution in [3.63, 3.8) is 0 Å². The number of aliphatic imine (C=N–C) groups is 1. The summed E-state index contributed by atoms with van der Waals surface area (Å²) in [6.45, 7) is 4.99. The first kappa shape index (κ1) is 23.3. The second-order valence-electron chi connectivity index (χ2n) is 9.04. The normalized spacial score (nSPS) is 17.4. The van der Waals surface area contributed by atoms with Gasteiger partial charge in [-0.1, -0.05) is 36.4 Å². The van der Waals surface area contributed by atoms with Gasteiger partial charge in [0.1, 0.15) is 0 Å². The van der Waals surface area contributed by atoms with E-state index in [1.165, 1.54) is 23.4 Å². The van der Waals surface area contributed by atoms with Crippen molar-refractivity contribution in [1.29, 1.82) is 0 Å². The van der Waals surface area contributed by atoms with Gasteiger partial charge in [-0.05, 0) is 36.8 Å². The Labute approximate surface area is 209 Å². The van der Waals surface area contributed by atoms with Gasteiger partial charge in [0.05, 0.1) is 28.8 Å². The number of anilines is 2. The minimum absolute atomic E-state index is 0.0518. The Morgan fingerprint density at radius 1 is 0.972 bits per heavy atom. The molecule has 2 aliphatic heterocycles. The molecule has 36 heavy (non-hydrogen) atoms. The van der Waals surface area contributed by atoms with Gasteiger partial charge >= 0.3 is 5.97 Å². The monoisotopic (exact) mass is 485 g/mol. The number of aliphatic carboxylic acids is 1. The van der Waals surface area contributed by atoms with Crippen molar-refractivity contribution in [3.05, 3.63) is 94.0 Å². The number of carboxylic acids is 1. The van der Waals surface area contributed by atoms with Crippen LogP contribution in [0.1, 0.15) is 23.6 Å². The van der Waals surface area contributed by atoms with E-state index in [0.717, 1.165) is 24.3 Å². The largest absolute Gasteiger partial charge is 0.481 e. The highest BCUT2D eigenvalue weighted by molar-refractivity contribution is 6.01. The van der Waals surface area contributed by atoms with Crippen LogP contribution in [-0.4, -0.2) is 53.0 Å². The zero-order chi connectivity index (χ0) is 25.2. The topological polar surface area (TPSA) is 103 Å². The SMILES string of the molecule is Cc1cccc(N2CCN(C3=Nc4ccccc4C(CC(=O)O)N3c3cccc([N+](=O)[O-])c3)CC2)c1. The minimum atomic E-state index is -0.948. The molecule has 2 aliphatic rings. The van der Waals surface area contributed by atoms with E-state index in [4.69, 9.17) is 4.99 Å². The van der Waals surface area contributed by atoms with Crippen molar-refractivity contribution in [3.8, 4) is 0 Å². The van der Waals surface area contributed by atoms with Gasteiger partial charge in [-0.3, -0.25) is 14.9 Å². The van der Waals surface area contributed by atoms with E-state index < -0.39 is 16.9 Å². The van der Waals surface area contributed by atoms with Crippen LogP contribution >= 0.6 is 0 Å². The number of guanidine groups is 1. The highest BCUT2D eigenvalue weighted by atomic mass is 16.6. The van der Waals surface area contributed by atoms with Gasteiger partial charge in [0.2, 0.25) is 5.96 Å². The lowest BCUT2D eigenvalue weighted by Crippen LogP contribution is -2.55.